The number of likely N-dealkylation sites (tertiary alicyclic amines) is 2. The molecule has 1 aromatic carbocycles. The molecule has 18 amide bonds. The van der Waals surface area contributed by atoms with Gasteiger partial charge in [-0.25, -0.2) is 9.78 Å². The summed E-state index contributed by atoms with van der Waals surface area (Å²) in [6.07, 6.45) is 10.1. The van der Waals surface area contributed by atoms with Crippen LogP contribution in [0.4, 0.5) is 4.79 Å². The van der Waals surface area contributed by atoms with Gasteiger partial charge < -0.3 is 123 Å². The first-order valence-corrected chi connectivity index (χ1v) is 47.9. The van der Waals surface area contributed by atoms with Gasteiger partial charge in [0, 0.05) is 92.8 Å². The van der Waals surface area contributed by atoms with Crippen molar-refractivity contribution in [1.82, 2.24) is 99.5 Å². The van der Waals surface area contributed by atoms with Crippen LogP contribution in [-0.2, 0) is 89.6 Å². The molecule has 0 bridgehead atoms. The van der Waals surface area contributed by atoms with Crippen molar-refractivity contribution in [3.63, 3.8) is 0 Å². The highest BCUT2D eigenvalue weighted by Crippen LogP contribution is 2.34. The summed E-state index contributed by atoms with van der Waals surface area (Å²) in [5, 5.41) is 51.8. The number of fused-ring (bicyclic) bond motifs is 1. The van der Waals surface area contributed by atoms with E-state index < -0.39 is 181 Å². The van der Waals surface area contributed by atoms with Gasteiger partial charge in [0.2, 0.25) is 94.5 Å². The Labute approximate surface area is 757 Å². The van der Waals surface area contributed by atoms with E-state index in [4.69, 9.17) is 22.9 Å². The lowest BCUT2D eigenvalue weighted by Gasteiger charge is -2.31. The standard InChI is InChI=1S/C83H132N24O18S3/c1-5-6-22-52(71(114)90-36-32-50-20-9-7-10-21-50)97-79(122)62-25-18-37-106(62)68(112)42-92-72(115)53(23-14-15-33-84)95-77(120)60-45-127-128-46-61(78(121)100-56(39-48(2)3)74(117)101-58(43-108)76(119)102-60)103-80(123)63-26-19-38-107(63)81(124)55(24-17-35-91-82(86)87)98-73(116)54(30-31-65(85)109)96-75(118)57(40-51-41-88-47-93-51)99-70(113)49(4)94-67(111)29-11-8-16-34-89-66(110)28-13-12-27-64-69-59(44-126-64)104-83(125)105-69/h7,9-10,20-21,41,47-49,52-64,69,108H,5-6,8,11-19,22-40,42-46,84H2,1-4H3,(H2,85,109)(H,88,93)(H,89,110)(H,90,114)(H,92,115)(H,94,111)(H,95,120)(H,96,118)(H,97,122)(H,98,116)(H,99,113)(H,100,121)(H,101,117)(H,102,119)(H,103,123)(H4,86,87,91)(H2,104,105,125)/t49-,52?,53+,54-,55-,56-,57-,58+,59?,60+,61-,62+,63-,64?,69?/m0/s1. The zero-order valence-electron chi connectivity index (χ0n) is 73.4. The number of H-pyrrole nitrogens is 1. The molecule has 6 heterocycles. The molecule has 710 valence electrons. The minimum Gasteiger partial charge on any atom is -0.394 e. The number of unbranched alkanes of at least 4 members (excludes halogenated alkanes) is 5. The monoisotopic (exact) mass is 1850 g/mol. The van der Waals surface area contributed by atoms with Crippen LogP contribution in [0.1, 0.15) is 187 Å². The summed E-state index contributed by atoms with van der Waals surface area (Å²) in [5.41, 5.74) is 24.1. The Morgan fingerprint density at radius 3 is 1.93 bits per heavy atom. The van der Waals surface area contributed by atoms with E-state index in [1.807, 2.05) is 49.0 Å². The maximum Gasteiger partial charge on any atom is 0.315 e. The Morgan fingerprint density at radius 2 is 1.23 bits per heavy atom. The second-order valence-corrected chi connectivity index (χ2v) is 36.9. The summed E-state index contributed by atoms with van der Waals surface area (Å²) in [4.78, 5) is 250. The van der Waals surface area contributed by atoms with Crippen molar-refractivity contribution >= 4 is 140 Å². The van der Waals surface area contributed by atoms with Gasteiger partial charge in [0.25, 0.3) is 0 Å². The summed E-state index contributed by atoms with van der Waals surface area (Å²) < 4.78 is 0. The molecule has 45 heteroatoms. The van der Waals surface area contributed by atoms with Crippen LogP contribution in [0.25, 0.3) is 0 Å². The molecule has 0 saturated carbocycles. The van der Waals surface area contributed by atoms with Gasteiger partial charge in [0.05, 0.1) is 31.6 Å². The number of amides is 18. The van der Waals surface area contributed by atoms with Crippen LogP contribution in [0, 0.1) is 5.92 Å². The van der Waals surface area contributed by atoms with Crippen LogP contribution in [-0.4, -0.2) is 291 Å². The number of aliphatic hydroxyl groups excluding tert-OH is 1. The predicted octanol–water partition coefficient (Wildman–Crippen LogP) is -3.25. The molecule has 128 heavy (non-hydrogen) atoms. The molecule has 1 aromatic heterocycles. The highest BCUT2D eigenvalue weighted by Gasteiger charge is 2.45. The third-order valence-corrected chi connectivity index (χ3v) is 26.4. The van der Waals surface area contributed by atoms with E-state index in [1.54, 1.807) is 13.8 Å². The maximum absolute atomic E-state index is 15.1. The van der Waals surface area contributed by atoms with Crippen molar-refractivity contribution in [2.45, 2.75) is 278 Å². The van der Waals surface area contributed by atoms with Crippen LogP contribution >= 0.6 is 33.3 Å². The maximum atomic E-state index is 15.1. The van der Waals surface area contributed by atoms with Crippen LogP contribution < -0.4 is 103 Å². The van der Waals surface area contributed by atoms with Crippen LogP contribution in [0.15, 0.2) is 47.8 Å². The van der Waals surface area contributed by atoms with Gasteiger partial charge in [-0.1, -0.05) is 98.4 Å². The number of carbonyl (C=O) groups excluding carboxylic acids is 17. The van der Waals surface area contributed by atoms with Gasteiger partial charge in [0.15, 0.2) is 5.96 Å². The first-order chi connectivity index (χ1) is 61.4. The number of carbonyl (C=O) groups is 17. The number of thioether (sulfide) groups is 1. The first kappa shape index (κ1) is 105. The number of aromatic nitrogens is 2. The van der Waals surface area contributed by atoms with Crippen LogP contribution in [0.3, 0.4) is 0 Å². The largest absolute Gasteiger partial charge is 0.394 e. The number of imidazole rings is 1. The van der Waals surface area contributed by atoms with E-state index in [0.29, 0.717) is 101 Å². The second kappa shape index (κ2) is 55.4. The Morgan fingerprint density at radius 1 is 0.594 bits per heavy atom. The second-order valence-electron chi connectivity index (χ2n) is 33.1. The van der Waals surface area contributed by atoms with Crippen LogP contribution in [0.2, 0.25) is 0 Å². The number of aliphatic hydroxyl groups is 1. The Balaban J connectivity index is 0.983. The lowest BCUT2D eigenvalue weighted by atomic mass is 10.0. The lowest BCUT2D eigenvalue weighted by Crippen LogP contribution is -2.61. The molecule has 4 unspecified atom stereocenters. The molecular formula is C83H132N24O18S3. The number of primary amides is 1. The van der Waals surface area contributed by atoms with Crippen molar-refractivity contribution < 1.29 is 86.6 Å². The van der Waals surface area contributed by atoms with Gasteiger partial charge >= 0.3 is 6.03 Å². The molecule has 25 N–H and O–H groups in total. The van der Waals surface area contributed by atoms with E-state index in [9.17, 15) is 81.8 Å². The molecule has 42 nitrogen and oxygen atoms in total. The molecule has 0 aliphatic carbocycles. The quantitative estimate of drug-likeness (QED) is 0.0102. The molecule has 15 atom stereocenters. The average Bonchev–Trinajstić information content (AvgIpc) is 1.63. The molecule has 5 aliphatic rings. The van der Waals surface area contributed by atoms with Gasteiger partial charge in [-0.3, -0.25) is 81.7 Å². The van der Waals surface area contributed by atoms with E-state index >= 15 is 4.79 Å². The average molecular weight is 1850 g/mol. The fraction of sp³-hybridized carbons (Fsp3) is 0.675. The number of guanidine groups is 1. The predicted molar refractivity (Wildman–Crippen MR) is 481 cm³/mol. The molecule has 0 spiro atoms. The topological polar surface area (TPSA) is 642 Å². The molecule has 5 aliphatic heterocycles. The van der Waals surface area contributed by atoms with E-state index in [0.717, 1.165) is 52.2 Å². The normalized spacial score (nSPS) is 21.4. The van der Waals surface area contributed by atoms with Crippen molar-refractivity contribution in [3.05, 3.63) is 54.1 Å². The third-order valence-electron chi connectivity index (χ3n) is 22.5. The Kier molecular flexibility index (Phi) is 45.2. The summed E-state index contributed by atoms with van der Waals surface area (Å²) >= 11 is 1.82. The minimum atomic E-state index is -1.70. The van der Waals surface area contributed by atoms with Crippen molar-refractivity contribution in [3.8, 4) is 0 Å². The number of benzene rings is 1. The Bertz CT molecular complexity index is 4080. The molecule has 5 fully saturated rings. The number of nitrogens with zero attached hydrogens (tertiary/aromatic N) is 4. The number of nitrogens with one attached hydrogen (secondary N) is 16. The number of urea groups is 1. The number of aliphatic imine (C=N–C) groups is 1. The molecule has 0 radical (unpaired) electrons. The lowest BCUT2D eigenvalue weighted by molar-refractivity contribution is -0.142. The Hall–Kier alpha value is -10.5. The van der Waals surface area contributed by atoms with E-state index in [1.165, 1.54) is 29.2 Å². The first-order valence-electron chi connectivity index (χ1n) is 44.4. The van der Waals surface area contributed by atoms with Crippen molar-refractivity contribution in [1.29, 1.82) is 0 Å². The van der Waals surface area contributed by atoms with E-state index in [2.05, 4.69) is 94.7 Å². The minimum absolute atomic E-state index is 0.000299. The summed E-state index contributed by atoms with van der Waals surface area (Å²) in [5.74, 6) is -12.0. The summed E-state index contributed by atoms with van der Waals surface area (Å²) in [7, 11) is 1.93. The fourth-order valence-electron chi connectivity index (χ4n) is 15.4. The number of nitrogens with two attached hydrogens (primary N) is 4. The molecule has 5 saturated heterocycles. The van der Waals surface area contributed by atoms with Crippen LogP contribution in [0.5, 0.6) is 0 Å². The van der Waals surface area contributed by atoms with Gasteiger partial charge in [0.1, 0.15) is 72.5 Å². The third kappa shape index (κ3) is 35.5. The van der Waals surface area contributed by atoms with Crippen molar-refractivity contribution in [2.75, 3.05) is 69.7 Å². The van der Waals surface area contributed by atoms with Crippen molar-refractivity contribution in [2.24, 2.45) is 33.8 Å². The van der Waals surface area contributed by atoms with Gasteiger partial charge in [-0.2, -0.15) is 11.8 Å². The molecule has 2 aromatic rings. The number of rotatable bonds is 51. The number of hydrogen-bond acceptors (Lipinski definition) is 24. The summed E-state index contributed by atoms with van der Waals surface area (Å²) in [6.45, 7) is 6.36. The van der Waals surface area contributed by atoms with E-state index in [-0.39, 0.29) is 131 Å². The smallest absolute Gasteiger partial charge is 0.315 e. The number of hydrogen-bond donors (Lipinski definition) is 21. The van der Waals surface area contributed by atoms with Gasteiger partial charge in [-0.05, 0) is 134 Å². The van der Waals surface area contributed by atoms with Gasteiger partial charge in [-0.15, -0.1) is 0 Å². The highest BCUT2D eigenvalue weighted by molar-refractivity contribution is 8.76. The fourth-order valence-corrected chi connectivity index (χ4v) is 19.3. The summed E-state index contributed by atoms with van der Waals surface area (Å²) in [6, 6.07) is -6.60. The zero-order valence-corrected chi connectivity index (χ0v) is 75.9. The number of aromatic amines is 1. The molecular weight excluding hydrogens is 1720 g/mol. The SMILES string of the molecule is CCCCC(NC(=O)[C@H]1CCCN1C(=O)CNC(=O)[C@@H](CCCCN)NC(=O)[C@H]1CSSC[C@H](NC(=O)[C@@H]2CCCN2C(=O)[C@H](CCCN=C(N)N)NC(=O)[C@H](CCC(N)=O)NC(=O)[C@H](Cc2cnc[nH]2)NC(=O)[C@H](C)NC(=O)CCCCCNC(=O)CCCCC2SCC3NC(=O)NC32)C(=O)N[C@@H](CC(C)C)C(=O)N[C@H](CO)C(=O)N1)C(=O)NCCc1ccccc1. The zero-order chi connectivity index (χ0) is 93.2. The molecule has 7 rings (SSSR count). The highest BCUT2D eigenvalue weighted by atomic mass is 33.1.